The van der Waals surface area contributed by atoms with Crippen molar-refractivity contribution < 1.29 is 18.0 Å². The standard InChI is InChI=1S/C11H12F3NO/c1-7-4-8(2)6-10(5-7)15(9(3)16)11(12,13)14/h4-6H,1-3H3. The molecule has 5 heteroatoms. The van der Waals surface area contributed by atoms with Crippen LogP contribution in [0.2, 0.25) is 0 Å². The Labute approximate surface area is 91.7 Å². The summed E-state index contributed by atoms with van der Waals surface area (Å²) in [5, 5.41) is 0. The molecule has 0 heterocycles. The summed E-state index contributed by atoms with van der Waals surface area (Å²) >= 11 is 0. The van der Waals surface area contributed by atoms with Crippen molar-refractivity contribution in [2.45, 2.75) is 27.1 Å². The minimum absolute atomic E-state index is 0.141. The first-order valence-electron chi connectivity index (χ1n) is 4.67. The molecule has 0 aromatic heterocycles. The van der Waals surface area contributed by atoms with Crippen molar-refractivity contribution in [1.29, 1.82) is 0 Å². The molecule has 0 radical (unpaired) electrons. The highest BCUT2D eigenvalue weighted by Crippen LogP contribution is 2.29. The highest BCUT2D eigenvalue weighted by atomic mass is 19.4. The predicted octanol–water partition coefficient (Wildman–Crippen LogP) is 3.18. The molecule has 1 rings (SSSR count). The van der Waals surface area contributed by atoms with Crippen molar-refractivity contribution in [1.82, 2.24) is 0 Å². The van der Waals surface area contributed by atoms with Crippen LogP contribution in [-0.4, -0.2) is 12.2 Å². The Balaban J connectivity index is 3.27. The molecule has 1 amide bonds. The molecule has 0 aliphatic heterocycles. The van der Waals surface area contributed by atoms with Gasteiger partial charge < -0.3 is 0 Å². The van der Waals surface area contributed by atoms with E-state index in [1.165, 1.54) is 12.1 Å². The second kappa shape index (κ2) is 4.15. The van der Waals surface area contributed by atoms with Gasteiger partial charge in [0.25, 0.3) is 0 Å². The number of benzene rings is 1. The van der Waals surface area contributed by atoms with Crippen molar-refractivity contribution in [2.75, 3.05) is 4.90 Å². The smallest absolute Gasteiger partial charge is 0.275 e. The molecule has 0 saturated carbocycles. The van der Waals surface area contributed by atoms with Crippen LogP contribution in [0.3, 0.4) is 0 Å². The van der Waals surface area contributed by atoms with Crippen molar-refractivity contribution in [3.05, 3.63) is 29.3 Å². The van der Waals surface area contributed by atoms with E-state index in [1.807, 2.05) is 0 Å². The van der Waals surface area contributed by atoms with E-state index in [4.69, 9.17) is 0 Å². The third-order valence-corrected chi connectivity index (χ3v) is 2.03. The molecule has 0 fully saturated rings. The largest absolute Gasteiger partial charge is 0.491 e. The first-order chi connectivity index (χ1) is 7.21. The summed E-state index contributed by atoms with van der Waals surface area (Å²) in [4.78, 5) is 10.9. The van der Waals surface area contributed by atoms with E-state index in [9.17, 15) is 18.0 Å². The average molecular weight is 231 g/mol. The fourth-order valence-electron chi connectivity index (χ4n) is 1.59. The Morgan fingerprint density at radius 1 is 1.12 bits per heavy atom. The zero-order chi connectivity index (χ0) is 12.5. The second-order valence-corrected chi connectivity index (χ2v) is 3.67. The van der Waals surface area contributed by atoms with Crippen LogP contribution in [0.1, 0.15) is 18.1 Å². The van der Waals surface area contributed by atoms with Gasteiger partial charge in [0, 0.05) is 6.92 Å². The van der Waals surface area contributed by atoms with Crippen molar-refractivity contribution in [3.8, 4) is 0 Å². The molecule has 0 N–H and O–H groups in total. The molecule has 1 aromatic rings. The van der Waals surface area contributed by atoms with Crippen molar-refractivity contribution in [2.24, 2.45) is 0 Å². The van der Waals surface area contributed by atoms with Gasteiger partial charge in [0.1, 0.15) is 0 Å². The lowest BCUT2D eigenvalue weighted by Crippen LogP contribution is -2.41. The number of carbonyl (C=O) groups is 1. The van der Waals surface area contributed by atoms with E-state index in [0.29, 0.717) is 11.1 Å². The molecular formula is C11H12F3NO. The van der Waals surface area contributed by atoms with E-state index in [2.05, 4.69) is 0 Å². The summed E-state index contributed by atoms with van der Waals surface area (Å²) in [7, 11) is 0. The maximum Gasteiger partial charge on any atom is 0.491 e. The molecule has 1 aromatic carbocycles. The molecule has 0 aliphatic carbocycles. The fourth-order valence-corrected chi connectivity index (χ4v) is 1.59. The maximum absolute atomic E-state index is 12.6. The van der Waals surface area contributed by atoms with Gasteiger partial charge in [-0.05, 0) is 37.1 Å². The Kier molecular flexibility index (Phi) is 3.26. The molecule has 0 atom stereocenters. The Morgan fingerprint density at radius 3 is 1.88 bits per heavy atom. The zero-order valence-electron chi connectivity index (χ0n) is 9.22. The molecule has 0 saturated heterocycles. The van der Waals surface area contributed by atoms with E-state index in [1.54, 1.807) is 19.9 Å². The Bertz CT molecular complexity index is 392. The van der Waals surface area contributed by atoms with E-state index < -0.39 is 12.2 Å². The zero-order valence-corrected chi connectivity index (χ0v) is 9.22. The number of carbonyl (C=O) groups excluding carboxylic acids is 1. The summed E-state index contributed by atoms with van der Waals surface area (Å²) < 4.78 is 37.9. The fraction of sp³-hybridized carbons (Fsp3) is 0.364. The number of halogens is 3. The highest BCUT2D eigenvalue weighted by Gasteiger charge is 2.40. The van der Waals surface area contributed by atoms with E-state index in [-0.39, 0.29) is 10.6 Å². The summed E-state index contributed by atoms with van der Waals surface area (Å²) in [5.41, 5.74) is 1.23. The number of alkyl halides is 3. The second-order valence-electron chi connectivity index (χ2n) is 3.67. The normalized spacial score (nSPS) is 11.4. The quantitative estimate of drug-likeness (QED) is 0.680. The Hall–Kier alpha value is -1.52. The van der Waals surface area contributed by atoms with Crippen LogP contribution in [0.25, 0.3) is 0 Å². The molecule has 88 valence electrons. The molecule has 0 spiro atoms. The molecule has 2 nitrogen and oxygen atoms in total. The van der Waals surface area contributed by atoms with Crippen molar-refractivity contribution >= 4 is 11.6 Å². The lowest BCUT2D eigenvalue weighted by Gasteiger charge is -2.24. The third-order valence-electron chi connectivity index (χ3n) is 2.03. The number of hydrogen-bond donors (Lipinski definition) is 0. The minimum atomic E-state index is -4.69. The first kappa shape index (κ1) is 12.5. The van der Waals surface area contributed by atoms with Gasteiger partial charge in [-0.15, -0.1) is 13.2 Å². The molecule has 0 aliphatic rings. The maximum atomic E-state index is 12.6. The first-order valence-corrected chi connectivity index (χ1v) is 4.67. The Morgan fingerprint density at radius 2 is 1.56 bits per heavy atom. The van der Waals surface area contributed by atoms with Gasteiger partial charge in [-0.1, -0.05) is 6.07 Å². The van der Waals surface area contributed by atoms with Crippen LogP contribution < -0.4 is 4.90 Å². The van der Waals surface area contributed by atoms with Crippen molar-refractivity contribution in [3.63, 3.8) is 0 Å². The molecule has 16 heavy (non-hydrogen) atoms. The lowest BCUT2D eigenvalue weighted by molar-refractivity contribution is -0.148. The van der Waals surface area contributed by atoms with Gasteiger partial charge >= 0.3 is 6.30 Å². The summed E-state index contributed by atoms with van der Waals surface area (Å²) in [6.45, 7) is 4.27. The van der Waals surface area contributed by atoms with E-state index in [0.717, 1.165) is 6.92 Å². The third kappa shape index (κ3) is 2.74. The van der Waals surface area contributed by atoms with Gasteiger partial charge in [0.2, 0.25) is 5.91 Å². The number of amides is 1. The van der Waals surface area contributed by atoms with Gasteiger partial charge in [-0.2, -0.15) is 0 Å². The monoisotopic (exact) mass is 231 g/mol. The van der Waals surface area contributed by atoms with Crippen LogP contribution in [0.15, 0.2) is 18.2 Å². The van der Waals surface area contributed by atoms with Crippen LogP contribution in [-0.2, 0) is 4.79 Å². The molecule has 0 bridgehead atoms. The van der Waals surface area contributed by atoms with Gasteiger partial charge in [0.15, 0.2) is 0 Å². The number of rotatable bonds is 1. The van der Waals surface area contributed by atoms with Crippen LogP contribution in [0.4, 0.5) is 18.9 Å². The van der Waals surface area contributed by atoms with Crippen LogP contribution >= 0.6 is 0 Å². The SMILES string of the molecule is CC(=O)N(c1cc(C)cc(C)c1)C(F)(F)F. The van der Waals surface area contributed by atoms with Gasteiger partial charge in [-0.3, -0.25) is 4.79 Å². The highest BCUT2D eigenvalue weighted by molar-refractivity contribution is 5.92. The topological polar surface area (TPSA) is 20.3 Å². The molecular weight excluding hydrogens is 219 g/mol. The summed E-state index contributed by atoms with van der Waals surface area (Å²) in [6.07, 6.45) is -4.69. The number of aryl methyl sites for hydroxylation is 2. The lowest BCUT2D eigenvalue weighted by atomic mass is 10.1. The minimum Gasteiger partial charge on any atom is -0.275 e. The van der Waals surface area contributed by atoms with Crippen LogP contribution in [0.5, 0.6) is 0 Å². The van der Waals surface area contributed by atoms with Crippen LogP contribution in [0, 0.1) is 13.8 Å². The van der Waals surface area contributed by atoms with Gasteiger partial charge in [0.05, 0.1) is 5.69 Å². The average Bonchev–Trinajstić information content (AvgIpc) is 1.96. The number of anilines is 1. The summed E-state index contributed by atoms with van der Waals surface area (Å²) in [6, 6.07) is 4.42. The molecule has 0 unspecified atom stereocenters. The summed E-state index contributed by atoms with van der Waals surface area (Å²) in [5.74, 6) is -1.04. The predicted molar refractivity (Wildman–Crippen MR) is 55.1 cm³/mol. The van der Waals surface area contributed by atoms with Gasteiger partial charge in [-0.25, -0.2) is 4.90 Å². The van der Waals surface area contributed by atoms with E-state index >= 15 is 0 Å². The number of hydrogen-bond acceptors (Lipinski definition) is 1. The number of nitrogens with zero attached hydrogens (tertiary/aromatic N) is 1.